The van der Waals surface area contributed by atoms with Gasteiger partial charge in [-0.25, -0.2) is 0 Å². The van der Waals surface area contributed by atoms with Crippen LogP contribution in [0, 0.1) is 27.7 Å². The molecule has 134 valence electrons. The van der Waals surface area contributed by atoms with Gasteiger partial charge >= 0.3 is 5.97 Å². The van der Waals surface area contributed by atoms with Gasteiger partial charge in [-0.05, 0) is 51.3 Å². The average Bonchev–Trinajstić information content (AvgIpc) is 2.77. The first-order valence-corrected chi connectivity index (χ1v) is 8.25. The number of hydrogen-bond acceptors (Lipinski definition) is 4. The number of anilines is 1. The number of benzene rings is 1. The van der Waals surface area contributed by atoms with Crippen molar-refractivity contribution in [3.8, 4) is 0 Å². The number of aryl methyl sites for hydroxylation is 4. The molecule has 6 heteroatoms. The number of nitrogens with one attached hydrogen (secondary N) is 1. The maximum Gasteiger partial charge on any atom is 0.311 e. The Hall–Kier alpha value is -2.63. The van der Waals surface area contributed by atoms with Gasteiger partial charge in [-0.1, -0.05) is 18.2 Å². The van der Waals surface area contributed by atoms with Crippen LogP contribution in [0.25, 0.3) is 0 Å². The van der Waals surface area contributed by atoms with Gasteiger partial charge in [-0.2, -0.15) is 5.10 Å². The van der Waals surface area contributed by atoms with E-state index < -0.39 is 12.1 Å². The molecule has 1 aromatic carbocycles. The summed E-state index contributed by atoms with van der Waals surface area (Å²) in [6, 6.07) is 5.84. The van der Waals surface area contributed by atoms with E-state index in [1.807, 2.05) is 52.9 Å². The molecular weight excluding hydrogens is 318 g/mol. The van der Waals surface area contributed by atoms with Crippen LogP contribution in [0.2, 0.25) is 0 Å². The lowest BCUT2D eigenvalue weighted by Gasteiger charge is -2.14. The van der Waals surface area contributed by atoms with Crippen molar-refractivity contribution in [3.05, 3.63) is 46.3 Å². The number of hydrogen-bond donors (Lipinski definition) is 1. The first-order chi connectivity index (χ1) is 11.7. The van der Waals surface area contributed by atoms with Crippen molar-refractivity contribution in [1.29, 1.82) is 0 Å². The third-order valence-electron chi connectivity index (χ3n) is 4.35. The minimum Gasteiger partial charge on any atom is -0.452 e. The highest BCUT2D eigenvalue weighted by atomic mass is 16.5. The van der Waals surface area contributed by atoms with Gasteiger partial charge < -0.3 is 10.1 Å². The molecule has 1 amide bonds. The molecule has 0 saturated heterocycles. The summed E-state index contributed by atoms with van der Waals surface area (Å²) in [4.78, 5) is 24.4. The second kappa shape index (κ2) is 7.51. The van der Waals surface area contributed by atoms with Gasteiger partial charge in [0, 0.05) is 7.05 Å². The first kappa shape index (κ1) is 18.7. The van der Waals surface area contributed by atoms with Crippen molar-refractivity contribution in [2.24, 2.45) is 7.05 Å². The van der Waals surface area contributed by atoms with Gasteiger partial charge in [0.15, 0.2) is 6.10 Å². The van der Waals surface area contributed by atoms with Gasteiger partial charge in [0.2, 0.25) is 0 Å². The van der Waals surface area contributed by atoms with Crippen LogP contribution in [0.4, 0.5) is 5.69 Å². The molecule has 0 aliphatic heterocycles. The van der Waals surface area contributed by atoms with Gasteiger partial charge in [-0.15, -0.1) is 0 Å². The molecule has 0 unspecified atom stereocenters. The molecule has 0 spiro atoms. The summed E-state index contributed by atoms with van der Waals surface area (Å²) in [5.74, 6) is -0.793. The fraction of sp³-hybridized carbons (Fsp3) is 0.421. The van der Waals surface area contributed by atoms with Gasteiger partial charge in [0.25, 0.3) is 5.91 Å². The Morgan fingerprint density at radius 3 is 2.44 bits per heavy atom. The smallest absolute Gasteiger partial charge is 0.311 e. The summed E-state index contributed by atoms with van der Waals surface area (Å²) in [7, 11) is 1.81. The molecule has 0 aliphatic carbocycles. The highest BCUT2D eigenvalue weighted by Crippen LogP contribution is 2.19. The molecule has 1 atom stereocenters. The lowest BCUT2D eigenvalue weighted by atomic mass is 10.0. The molecule has 1 aromatic heterocycles. The molecule has 0 bridgehead atoms. The fourth-order valence-corrected chi connectivity index (χ4v) is 2.55. The number of ether oxygens (including phenoxy) is 1. The molecule has 1 heterocycles. The SMILES string of the molecule is Cc1ccc(CC(=O)O[C@@H](C)C(=O)Nc2c(C)nn(C)c2C)cc1C. The van der Waals surface area contributed by atoms with Crippen molar-refractivity contribution >= 4 is 17.6 Å². The van der Waals surface area contributed by atoms with E-state index in [0.29, 0.717) is 5.69 Å². The Morgan fingerprint density at radius 1 is 1.20 bits per heavy atom. The third kappa shape index (κ3) is 4.47. The normalized spacial score (nSPS) is 11.9. The molecule has 1 N–H and O–H groups in total. The van der Waals surface area contributed by atoms with E-state index in [0.717, 1.165) is 22.5 Å². The minimum absolute atomic E-state index is 0.143. The number of aromatic nitrogens is 2. The summed E-state index contributed by atoms with van der Waals surface area (Å²) < 4.78 is 6.96. The minimum atomic E-state index is -0.877. The standard InChI is InChI=1S/C19H25N3O3/c1-11-7-8-16(9-12(11)2)10-17(23)25-15(5)19(24)20-18-13(3)21-22(6)14(18)4/h7-9,15H,10H2,1-6H3,(H,20,24)/t15-/m0/s1. The van der Waals surface area contributed by atoms with Gasteiger partial charge in [-0.3, -0.25) is 14.3 Å². The topological polar surface area (TPSA) is 73.2 Å². The fourth-order valence-electron chi connectivity index (χ4n) is 2.55. The van der Waals surface area contributed by atoms with Gasteiger partial charge in [0.05, 0.1) is 23.5 Å². The van der Waals surface area contributed by atoms with Crippen LogP contribution < -0.4 is 5.32 Å². The molecule has 6 nitrogen and oxygen atoms in total. The van der Waals surface area contributed by atoms with Crippen LogP contribution in [0.1, 0.15) is 35.0 Å². The monoisotopic (exact) mass is 343 g/mol. The van der Waals surface area contributed by atoms with Crippen molar-refractivity contribution in [2.45, 2.75) is 47.1 Å². The number of esters is 1. The van der Waals surface area contributed by atoms with Gasteiger partial charge in [0.1, 0.15) is 0 Å². The van der Waals surface area contributed by atoms with E-state index >= 15 is 0 Å². The number of nitrogens with zero attached hydrogens (tertiary/aromatic N) is 2. The highest BCUT2D eigenvalue weighted by molar-refractivity contribution is 5.96. The molecule has 25 heavy (non-hydrogen) atoms. The van der Waals surface area contributed by atoms with Crippen molar-refractivity contribution in [1.82, 2.24) is 9.78 Å². The molecule has 0 fully saturated rings. The summed E-state index contributed by atoms with van der Waals surface area (Å²) >= 11 is 0. The Balaban J connectivity index is 1.95. The van der Waals surface area contributed by atoms with Crippen LogP contribution in [0.3, 0.4) is 0 Å². The maximum absolute atomic E-state index is 12.3. The largest absolute Gasteiger partial charge is 0.452 e. The highest BCUT2D eigenvalue weighted by Gasteiger charge is 2.21. The second-order valence-electron chi connectivity index (χ2n) is 6.39. The Kier molecular flexibility index (Phi) is 5.62. The predicted octanol–water partition coefficient (Wildman–Crippen LogP) is 2.77. The van der Waals surface area contributed by atoms with E-state index in [9.17, 15) is 9.59 Å². The van der Waals surface area contributed by atoms with E-state index in [-0.39, 0.29) is 12.3 Å². The third-order valence-corrected chi connectivity index (χ3v) is 4.35. The summed E-state index contributed by atoms with van der Waals surface area (Å²) in [5, 5.41) is 7.03. The lowest BCUT2D eigenvalue weighted by Crippen LogP contribution is -2.30. The molecule has 2 aromatic rings. The zero-order valence-electron chi connectivity index (χ0n) is 15.6. The number of rotatable bonds is 5. The summed E-state index contributed by atoms with van der Waals surface area (Å²) in [6.07, 6.45) is -0.734. The quantitative estimate of drug-likeness (QED) is 0.847. The molecule has 0 radical (unpaired) electrons. The molecule has 0 aliphatic rings. The molecular formula is C19H25N3O3. The number of amides is 1. The zero-order chi connectivity index (χ0) is 18.7. The Bertz CT molecular complexity index is 808. The lowest BCUT2D eigenvalue weighted by molar-refractivity contribution is -0.152. The van der Waals surface area contributed by atoms with E-state index in [1.54, 1.807) is 11.6 Å². The average molecular weight is 343 g/mol. The van der Waals surface area contributed by atoms with Crippen LogP contribution in [0.5, 0.6) is 0 Å². The van der Waals surface area contributed by atoms with E-state index in [4.69, 9.17) is 4.74 Å². The van der Waals surface area contributed by atoms with E-state index in [1.165, 1.54) is 5.56 Å². The summed E-state index contributed by atoms with van der Waals surface area (Å²) in [6.45, 7) is 9.27. The zero-order valence-corrected chi connectivity index (χ0v) is 15.6. The first-order valence-electron chi connectivity index (χ1n) is 8.25. The van der Waals surface area contributed by atoms with Crippen LogP contribution in [0.15, 0.2) is 18.2 Å². The predicted molar refractivity (Wildman–Crippen MR) is 96.5 cm³/mol. The Labute approximate surface area is 148 Å². The molecule has 2 rings (SSSR count). The second-order valence-corrected chi connectivity index (χ2v) is 6.39. The maximum atomic E-state index is 12.3. The number of carbonyl (C=O) groups is 2. The summed E-state index contributed by atoms with van der Waals surface area (Å²) in [5.41, 5.74) is 5.40. The number of carbonyl (C=O) groups excluding carboxylic acids is 2. The molecule has 0 saturated carbocycles. The van der Waals surface area contributed by atoms with E-state index in [2.05, 4.69) is 10.4 Å². The van der Waals surface area contributed by atoms with Crippen molar-refractivity contribution in [2.75, 3.05) is 5.32 Å². The Morgan fingerprint density at radius 2 is 1.88 bits per heavy atom. The van der Waals surface area contributed by atoms with Crippen LogP contribution in [-0.4, -0.2) is 27.8 Å². The van der Waals surface area contributed by atoms with Crippen LogP contribution >= 0.6 is 0 Å². The van der Waals surface area contributed by atoms with Crippen molar-refractivity contribution < 1.29 is 14.3 Å². The van der Waals surface area contributed by atoms with Crippen molar-refractivity contribution in [3.63, 3.8) is 0 Å². The van der Waals surface area contributed by atoms with Crippen LogP contribution in [-0.2, 0) is 27.8 Å².